The molecule has 0 spiro atoms. The van der Waals surface area contributed by atoms with E-state index in [1.54, 1.807) is 0 Å². The van der Waals surface area contributed by atoms with Gasteiger partial charge in [-0.3, -0.25) is 4.90 Å². The molecule has 3 aliphatic heterocycles. The summed E-state index contributed by atoms with van der Waals surface area (Å²) in [7, 11) is 0. The Labute approximate surface area is 156 Å². The van der Waals surface area contributed by atoms with Gasteiger partial charge in [-0.15, -0.1) is 0 Å². The monoisotopic (exact) mass is 396 g/mol. The molecule has 3 aromatic rings. The maximum Gasteiger partial charge on any atom is 0.137 e. The van der Waals surface area contributed by atoms with Crippen LogP contribution in [0.4, 0.5) is 0 Å². The summed E-state index contributed by atoms with van der Waals surface area (Å²) in [5.74, 6) is 0. The smallest absolute Gasteiger partial charge is 0.137 e. The molecule has 2 atom stereocenters. The lowest BCUT2D eigenvalue weighted by atomic mass is 9.93. The van der Waals surface area contributed by atoms with Crippen molar-refractivity contribution >= 4 is 21.6 Å². The molecule has 3 saturated heterocycles. The van der Waals surface area contributed by atoms with Gasteiger partial charge in [-0.25, -0.2) is 4.98 Å². The van der Waals surface area contributed by atoms with Crippen molar-refractivity contribution in [3.8, 4) is 11.3 Å². The van der Waals surface area contributed by atoms with Gasteiger partial charge in [0.05, 0.1) is 11.4 Å². The quantitative estimate of drug-likeness (QED) is 0.732. The lowest BCUT2D eigenvalue weighted by Crippen LogP contribution is -2.60. The van der Waals surface area contributed by atoms with E-state index in [4.69, 9.17) is 4.98 Å². The lowest BCUT2D eigenvalue weighted by molar-refractivity contribution is 0.0674. The Hall–Kier alpha value is -1.69. The SMILES string of the molecule is Brc1ccc(-c2nc3ccccn3c2CN2CC3CCC2CN3)cc1. The second kappa shape index (κ2) is 6.24. The van der Waals surface area contributed by atoms with Gasteiger partial charge in [0, 0.05) is 48.0 Å². The number of aromatic nitrogens is 2. The first-order valence-corrected chi connectivity index (χ1v) is 9.76. The Kier molecular flexibility index (Phi) is 3.88. The van der Waals surface area contributed by atoms with Crippen LogP contribution in [0.3, 0.4) is 0 Å². The van der Waals surface area contributed by atoms with E-state index in [1.165, 1.54) is 24.1 Å². The predicted octanol–water partition coefficient (Wildman–Crippen LogP) is 3.70. The molecular weight excluding hydrogens is 376 g/mol. The van der Waals surface area contributed by atoms with E-state index in [0.29, 0.717) is 12.1 Å². The molecule has 0 saturated carbocycles. The molecule has 25 heavy (non-hydrogen) atoms. The zero-order valence-corrected chi connectivity index (χ0v) is 15.6. The summed E-state index contributed by atoms with van der Waals surface area (Å²) in [4.78, 5) is 7.59. The number of imidazole rings is 1. The number of fused-ring (bicyclic) bond motifs is 4. The standard InChI is InChI=1S/C20H21BrN4/c21-15-6-4-14(5-7-15)20-18(25-10-2-1-3-19(25)23-20)13-24-12-16-8-9-17(24)11-22-16/h1-7,10,16-17,22H,8-9,11-13H2. The summed E-state index contributed by atoms with van der Waals surface area (Å²) in [6.07, 6.45) is 4.76. The summed E-state index contributed by atoms with van der Waals surface area (Å²) in [6.45, 7) is 3.22. The van der Waals surface area contributed by atoms with Crippen LogP contribution in [-0.4, -0.2) is 39.5 Å². The van der Waals surface area contributed by atoms with Crippen molar-refractivity contribution in [2.24, 2.45) is 0 Å². The molecule has 0 amide bonds. The fourth-order valence-corrected chi connectivity index (χ4v) is 4.49. The van der Waals surface area contributed by atoms with Crippen LogP contribution in [-0.2, 0) is 6.54 Å². The van der Waals surface area contributed by atoms with E-state index < -0.39 is 0 Å². The van der Waals surface area contributed by atoms with Crippen LogP contribution in [0.2, 0.25) is 0 Å². The second-order valence-electron chi connectivity index (χ2n) is 7.11. The van der Waals surface area contributed by atoms with E-state index in [1.807, 2.05) is 0 Å². The van der Waals surface area contributed by atoms with E-state index in [2.05, 4.69) is 79.2 Å². The minimum absolute atomic E-state index is 0.650. The highest BCUT2D eigenvalue weighted by Gasteiger charge is 2.34. The summed E-state index contributed by atoms with van der Waals surface area (Å²) >= 11 is 3.53. The second-order valence-corrected chi connectivity index (χ2v) is 8.02. The predicted molar refractivity (Wildman–Crippen MR) is 104 cm³/mol. The van der Waals surface area contributed by atoms with Crippen LogP contribution in [0.1, 0.15) is 18.5 Å². The van der Waals surface area contributed by atoms with Crippen molar-refractivity contribution in [3.63, 3.8) is 0 Å². The molecule has 0 aliphatic carbocycles. The van der Waals surface area contributed by atoms with Gasteiger partial charge in [0.25, 0.3) is 0 Å². The van der Waals surface area contributed by atoms with E-state index >= 15 is 0 Å². The number of benzene rings is 1. The van der Waals surface area contributed by atoms with Gasteiger partial charge in [-0.1, -0.05) is 34.1 Å². The molecule has 5 heterocycles. The number of hydrogen-bond acceptors (Lipinski definition) is 3. The fourth-order valence-electron chi connectivity index (χ4n) is 4.22. The Morgan fingerprint density at radius 3 is 2.72 bits per heavy atom. The van der Waals surface area contributed by atoms with Gasteiger partial charge < -0.3 is 9.72 Å². The van der Waals surface area contributed by atoms with Gasteiger partial charge in [-0.05, 0) is 37.1 Å². The highest BCUT2D eigenvalue weighted by molar-refractivity contribution is 9.10. The Morgan fingerprint density at radius 2 is 2.00 bits per heavy atom. The van der Waals surface area contributed by atoms with Gasteiger partial charge in [0.1, 0.15) is 5.65 Å². The molecule has 2 bridgehead atoms. The van der Waals surface area contributed by atoms with E-state index in [0.717, 1.165) is 35.4 Å². The molecule has 3 aliphatic rings. The number of nitrogens with zero attached hydrogens (tertiary/aromatic N) is 3. The van der Waals surface area contributed by atoms with Gasteiger partial charge in [0.2, 0.25) is 0 Å². The lowest BCUT2D eigenvalue weighted by Gasteiger charge is -2.46. The van der Waals surface area contributed by atoms with Gasteiger partial charge in [0.15, 0.2) is 0 Å². The van der Waals surface area contributed by atoms with Crippen molar-refractivity contribution in [2.45, 2.75) is 31.5 Å². The molecule has 0 radical (unpaired) electrons. The topological polar surface area (TPSA) is 32.6 Å². The normalized spacial score (nSPS) is 23.4. The van der Waals surface area contributed by atoms with Crippen molar-refractivity contribution in [3.05, 3.63) is 58.8 Å². The molecule has 2 aromatic heterocycles. The Balaban J connectivity index is 1.58. The number of halogens is 1. The number of pyridine rings is 1. The third-order valence-electron chi connectivity index (χ3n) is 5.56. The summed E-state index contributed by atoms with van der Waals surface area (Å²) in [6, 6.07) is 16.0. The minimum Gasteiger partial charge on any atom is -0.311 e. The van der Waals surface area contributed by atoms with Crippen molar-refractivity contribution in [1.29, 1.82) is 0 Å². The maximum atomic E-state index is 4.95. The largest absolute Gasteiger partial charge is 0.311 e. The molecular formula is C20H21BrN4. The summed E-state index contributed by atoms with van der Waals surface area (Å²) in [5.41, 5.74) is 4.61. The number of nitrogens with one attached hydrogen (secondary N) is 1. The molecule has 1 N–H and O–H groups in total. The van der Waals surface area contributed by atoms with E-state index in [9.17, 15) is 0 Å². The van der Waals surface area contributed by atoms with Crippen LogP contribution in [0.15, 0.2) is 53.1 Å². The first-order valence-electron chi connectivity index (χ1n) is 8.97. The van der Waals surface area contributed by atoms with E-state index in [-0.39, 0.29) is 0 Å². The molecule has 1 aromatic carbocycles. The Morgan fingerprint density at radius 1 is 1.12 bits per heavy atom. The van der Waals surface area contributed by atoms with Gasteiger partial charge in [-0.2, -0.15) is 0 Å². The summed E-state index contributed by atoms with van der Waals surface area (Å²) < 4.78 is 3.36. The zero-order chi connectivity index (χ0) is 16.8. The highest BCUT2D eigenvalue weighted by Crippen LogP contribution is 2.30. The van der Waals surface area contributed by atoms with Crippen LogP contribution < -0.4 is 5.32 Å². The van der Waals surface area contributed by atoms with Crippen LogP contribution >= 0.6 is 15.9 Å². The number of piperazine rings is 1. The average Bonchev–Trinajstić information content (AvgIpc) is 3.02. The molecule has 6 rings (SSSR count). The third kappa shape index (κ3) is 2.80. The average molecular weight is 397 g/mol. The van der Waals surface area contributed by atoms with Crippen LogP contribution in [0.25, 0.3) is 16.9 Å². The fraction of sp³-hybridized carbons (Fsp3) is 0.350. The first kappa shape index (κ1) is 15.6. The minimum atomic E-state index is 0.650. The highest BCUT2D eigenvalue weighted by atomic mass is 79.9. The number of piperidine rings is 2. The van der Waals surface area contributed by atoms with Crippen molar-refractivity contribution in [1.82, 2.24) is 19.6 Å². The van der Waals surface area contributed by atoms with Crippen molar-refractivity contribution < 1.29 is 0 Å². The first-order chi connectivity index (χ1) is 12.3. The third-order valence-corrected chi connectivity index (χ3v) is 6.09. The molecule has 5 heteroatoms. The zero-order valence-electron chi connectivity index (χ0n) is 14.0. The molecule has 3 fully saturated rings. The Bertz CT molecular complexity index is 894. The molecule has 4 nitrogen and oxygen atoms in total. The van der Waals surface area contributed by atoms with Crippen LogP contribution in [0, 0.1) is 0 Å². The molecule has 128 valence electrons. The van der Waals surface area contributed by atoms with Gasteiger partial charge >= 0.3 is 0 Å². The number of rotatable bonds is 3. The van der Waals surface area contributed by atoms with Crippen molar-refractivity contribution in [2.75, 3.05) is 13.1 Å². The summed E-state index contributed by atoms with van der Waals surface area (Å²) in [5, 5.41) is 3.65. The van der Waals surface area contributed by atoms with Crippen LogP contribution in [0.5, 0.6) is 0 Å². The maximum absolute atomic E-state index is 4.95. The number of hydrogen-bond donors (Lipinski definition) is 1. The molecule has 2 unspecified atom stereocenters.